The number of rotatable bonds is 3. The minimum atomic E-state index is -2.54. The highest BCUT2D eigenvalue weighted by atomic mass is 19.3. The molecule has 1 aliphatic heterocycles. The van der Waals surface area contributed by atoms with E-state index in [1.807, 2.05) is 26.8 Å². The maximum atomic E-state index is 13.3. The van der Waals surface area contributed by atoms with E-state index in [0.717, 1.165) is 5.56 Å². The van der Waals surface area contributed by atoms with E-state index >= 15 is 0 Å². The van der Waals surface area contributed by atoms with Crippen LogP contribution in [0.5, 0.6) is 0 Å². The summed E-state index contributed by atoms with van der Waals surface area (Å²) in [7, 11) is 0. The van der Waals surface area contributed by atoms with Crippen molar-refractivity contribution in [3.63, 3.8) is 0 Å². The molecular weight excluding hydrogens is 428 g/mol. The van der Waals surface area contributed by atoms with E-state index in [0.29, 0.717) is 30.0 Å². The van der Waals surface area contributed by atoms with E-state index in [1.54, 1.807) is 36.7 Å². The second-order valence-corrected chi connectivity index (χ2v) is 9.78. The van der Waals surface area contributed by atoms with Crippen LogP contribution in [0.3, 0.4) is 0 Å². The lowest BCUT2D eigenvalue weighted by Gasteiger charge is -2.40. The van der Waals surface area contributed by atoms with Gasteiger partial charge < -0.3 is 10.2 Å². The fraction of sp³-hybridized carbons (Fsp3) is 0.417. The number of aromatic nitrogens is 3. The quantitative estimate of drug-likeness (QED) is 0.648. The molecule has 0 radical (unpaired) electrons. The molecule has 0 bridgehead atoms. The Morgan fingerprint density at radius 3 is 2.45 bits per heavy atom. The predicted octanol–water partition coefficient (Wildman–Crippen LogP) is 3.98. The number of alkyl halides is 2. The van der Waals surface area contributed by atoms with Crippen LogP contribution in [-0.4, -0.2) is 49.9 Å². The molecule has 2 amide bonds. The van der Waals surface area contributed by atoms with Gasteiger partial charge in [0.15, 0.2) is 5.65 Å². The van der Waals surface area contributed by atoms with E-state index in [2.05, 4.69) is 15.4 Å². The molecule has 1 aliphatic rings. The minimum absolute atomic E-state index is 0.0560. The first-order chi connectivity index (χ1) is 15.4. The zero-order valence-corrected chi connectivity index (χ0v) is 19.3. The second-order valence-electron chi connectivity index (χ2n) is 9.78. The summed E-state index contributed by atoms with van der Waals surface area (Å²) >= 11 is 0. The van der Waals surface area contributed by atoms with Crippen molar-refractivity contribution in [2.75, 3.05) is 13.1 Å². The van der Waals surface area contributed by atoms with Gasteiger partial charge in [-0.3, -0.25) is 9.59 Å². The summed E-state index contributed by atoms with van der Waals surface area (Å²) in [6.45, 7) is 10.3. The fourth-order valence-corrected chi connectivity index (χ4v) is 3.97. The number of nitrogens with one attached hydrogen (secondary N) is 1. The average Bonchev–Trinajstić information content (AvgIpc) is 3.18. The molecule has 1 fully saturated rings. The van der Waals surface area contributed by atoms with Crippen molar-refractivity contribution in [3.8, 4) is 11.3 Å². The number of carbonyl (C=O) groups is 2. The van der Waals surface area contributed by atoms with E-state index in [-0.39, 0.29) is 28.5 Å². The fourth-order valence-electron chi connectivity index (χ4n) is 3.97. The van der Waals surface area contributed by atoms with Crippen LogP contribution < -0.4 is 5.32 Å². The molecule has 0 aliphatic carbocycles. The first-order valence-electron chi connectivity index (χ1n) is 10.8. The molecule has 33 heavy (non-hydrogen) atoms. The largest absolute Gasteiger partial charge is 0.352 e. The number of benzene rings is 1. The number of fused-ring (bicyclic) bond motifs is 1. The molecule has 9 heteroatoms. The van der Waals surface area contributed by atoms with Gasteiger partial charge in [0.25, 0.3) is 12.3 Å². The van der Waals surface area contributed by atoms with Crippen LogP contribution in [0.1, 0.15) is 62.7 Å². The third-order valence-electron chi connectivity index (χ3n) is 6.01. The molecule has 0 saturated carbocycles. The van der Waals surface area contributed by atoms with Crippen molar-refractivity contribution in [1.29, 1.82) is 0 Å². The van der Waals surface area contributed by atoms with Crippen LogP contribution in [0.2, 0.25) is 0 Å². The maximum absolute atomic E-state index is 13.3. The third-order valence-corrected chi connectivity index (χ3v) is 6.01. The minimum Gasteiger partial charge on any atom is -0.352 e. The Hall–Kier alpha value is -3.36. The van der Waals surface area contributed by atoms with Gasteiger partial charge >= 0.3 is 0 Å². The highest BCUT2D eigenvalue weighted by molar-refractivity contribution is 5.99. The molecule has 3 heterocycles. The Morgan fingerprint density at radius 1 is 1.18 bits per heavy atom. The van der Waals surface area contributed by atoms with E-state index in [4.69, 9.17) is 0 Å². The number of carbonyl (C=O) groups excluding carboxylic acids is 2. The molecule has 174 valence electrons. The van der Waals surface area contributed by atoms with Crippen molar-refractivity contribution in [3.05, 3.63) is 53.3 Å². The Bertz CT molecular complexity index is 1230. The highest BCUT2D eigenvalue weighted by Crippen LogP contribution is 2.31. The summed E-state index contributed by atoms with van der Waals surface area (Å²) in [5, 5.41) is 7.39. The van der Waals surface area contributed by atoms with Crippen LogP contribution in [0.4, 0.5) is 8.78 Å². The zero-order chi connectivity index (χ0) is 24.1. The molecule has 2 aromatic heterocycles. The van der Waals surface area contributed by atoms with Gasteiger partial charge in [0.05, 0.1) is 11.9 Å². The van der Waals surface area contributed by atoms with Gasteiger partial charge in [0, 0.05) is 29.8 Å². The Morgan fingerprint density at radius 2 is 1.85 bits per heavy atom. The predicted molar refractivity (Wildman–Crippen MR) is 120 cm³/mol. The number of amides is 2. The Labute approximate surface area is 190 Å². The van der Waals surface area contributed by atoms with Crippen molar-refractivity contribution < 1.29 is 18.4 Å². The Kier molecular flexibility index (Phi) is 5.46. The standard InChI is InChI=1S/C24H27F2N5O2/c1-23(2,3)16-12-17(14-6-8-15(9-7-14)19(25)26)29-31-13-18(28-20(16)31)21(32)30-11-10-27-22(33)24(30,4)5/h6-9,12-13,19H,10-11H2,1-5H3,(H,27,33). The number of halogens is 2. The third kappa shape index (κ3) is 4.07. The van der Waals surface area contributed by atoms with Crippen molar-refractivity contribution >= 4 is 17.5 Å². The lowest BCUT2D eigenvalue weighted by atomic mass is 9.87. The molecule has 0 unspecified atom stereocenters. The van der Waals surface area contributed by atoms with E-state index < -0.39 is 12.0 Å². The SMILES string of the molecule is CC(C)(C)c1cc(-c2ccc(C(F)F)cc2)nn2cc(C(=O)N3CCNC(=O)C3(C)C)nc12. The first-order valence-corrected chi connectivity index (χ1v) is 10.8. The summed E-state index contributed by atoms with van der Waals surface area (Å²) in [5.74, 6) is -0.558. The topological polar surface area (TPSA) is 79.6 Å². The smallest absolute Gasteiger partial charge is 0.275 e. The molecule has 7 nitrogen and oxygen atoms in total. The molecule has 0 spiro atoms. The van der Waals surface area contributed by atoms with Crippen molar-refractivity contribution in [2.24, 2.45) is 0 Å². The molecule has 4 rings (SSSR count). The highest BCUT2D eigenvalue weighted by Gasteiger charge is 2.41. The maximum Gasteiger partial charge on any atom is 0.275 e. The van der Waals surface area contributed by atoms with Crippen LogP contribution >= 0.6 is 0 Å². The van der Waals surface area contributed by atoms with Gasteiger partial charge in [-0.25, -0.2) is 18.3 Å². The van der Waals surface area contributed by atoms with Gasteiger partial charge in [0.1, 0.15) is 11.2 Å². The summed E-state index contributed by atoms with van der Waals surface area (Å²) in [4.78, 5) is 31.7. The zero-order valence-electron chi connectivity index (χ0n) is 19.3. The van der Waals surface area contributed by atoms with Crippen LogP contribution in [-0.2, 0) is 10.2 Å². The second kappa shape index (κ2) is 7.90. The molecule has 1 saturated heterocycles. The van der Waals surface area contributed by atoms with Gasteiger partial charge in [-0.15, -0.1) is 0 Å². The van der Waals surface area contributed by atoms with Gasteiger partial charge in [-0.05, 0) is 25.3 Å². The van der Waals surface area contributed by atoms with Crippen LogP contribution in [0, 0.1) is 0 Å². The monoisotopic (exact) mass is 455 g/mol. The lowest BCUT2D eigenvalue weighted by molar-refractivity contribution is -0.133. The summed E-state index contributed by atoms with van der Waals surface area (Å²) in [6.07, 6.45) is -0.977. The number of hydrogen-bond donors (Lipinski definition) is 1. The van der Waals surface area contributed by atoms with Crippen LogP contribution in [0.25, 0.3) is 16.9 Å². The average molecular weight is 456 g/mol. The molecule has 1 N–H and O–H groups in total. The molecule has 3 aromatic rings. The number of hydrogen-bond acceptors (Lipinski definition) is 4. The van der Waals surface area contributed by atoms with Gasteiger partial charge in [0.2, 0.25) is 5.91 Å². The van der Waals surface area contributed by atoms with Crippen LogP contribution in [0.15, 0.2) is 36.5 Å². The number of imidazole rings is 1. The van der Waals surface area contributed by atoms with Gasteiger partial charge in [-0.1, -0.05) is 45.0 Å². The first kappa shape index (κ1) is 22.8. The summed E-state index contributed by atoms with van der Waals surface area (Å²) in [6, 6.07) is 7.87. The summed E-state index contributed by atoms with van der Waals surface area (Å²) < 4.78 is 27.5. The number of nitrogens with zero attached hydrogens (tertiary/aromatic N) is 4. The van der Waals surface area contributed by atoms with E-state index in [9.17, 15) is 18.4 Å². The van der Waals surface area contributed by atoms with Gasteiger partial charge in [-0.2, -0.15) is 5.10 Å². The van der Waals surface area contributed by atoms with Crippen molar-refractivity contribution in [1.82, 2.24) is 24.8 Å². The normalized spacial score (nSPS) is 16.4. The molecular formula is C24H27F2N5O2. The number of piperazine rings is 1. The van der Waals surface area contributed by atoms with Crippen molar-refractivity contribution in [2.45, 2.75) is 52.0 Å². The van der Waals surface area contributed by atoms with E-state index in [1.165, 1.54) is 17.0 Å². The lowest BCUT2D eigenvalue weighted by Crippen LogP contribution is -2.63. The molecule has 1 aromatic carbocycles. The molecule has 0 atom stereocenters. The Balaban J connectivity index is 1.81. The summed E-state index contributed by atoms with van der Waals surface area (Å²) in [5.41, 5.74) is 1.49.